The Morgan fingerprint density at radius 1 is 0.933 bits per heavy atom. The third-order valence-electron chi connectivity index (χ3n) is 4.43. The van der Waals surface area contributed by atoms with Crippen LogP contribution in [0.2, 0.25) is 0 Å². The van der Waals surface area contributed by atoms with Gasteiger partial charge in [0.1, 0.15) is 11.5 Å². The van der Waals surface area contributed by atoms with E-state index >= 15 is 0 Å². The van der Waals surface area contributed by atoms with E-state index in [1.165, 1.54) is 20.3 Å². The minimum absolute atomic E-state index is 0. The Balaban J connectivity index is 0.00000450. The molecule has 0 fully saturated rings. The van der Waals surface area contributed by atoms with Gasteiger partial charge in [-0.05, 0) is 56.0 Å². The Morgan fingerprint density at radius 2 is 1.47 bits per heavy atom. The number of nitrogens with one attached hydrogen (secondary N) is 1. The van der Waals surface area contributed by atoms with Gasteiger partial charge in [-0.25, -0.2) is 9.59 Å². The maximum absolute atomic E-state index is 12.0. The summed E-state index contributed by atoms with van der Waals surface area (Å²) in [6, 6.07) is 8.43. The summed E-state index contributed by atoms with van der Waals surface area (Å²) < 4.78 is 15.5. The van der Waals surface area contributed by atoms with E-state index < -0.39 is 11.9 Å². The van der Waals surface area contributed by atoms with Crippen molar-refractivity contribution in [3.63, 3.8) is 0 Å². The molecule has 0 bridgehead atoms. The van der Waals surface area contributed by atoms with Crippen molar-refractivity contribution in [3.05, 3.63) is 47.2 Å². The molecule has 0 aliphatic rings. The summed E-state index contributed by atoms with van der Waals surface area (Å²) in [4.78, 5) is 24.0. The van der Waals surface area contributed by atoms with E-state index in [-0.39, 0.29) is 34.5 Å². The molecule has 0 spiro atoms. The van der Waals surface area contributed by atoms with Crippen LogP contribution in [0.5, 0.6) is 0 Å². The molecule has 2 rings (SSSR count). The highest BCUT2D eigenvalue weighted by atomic mass is 35.5. The average Bonchev–Trinajstić information content (AvgIpc) is 3.12. The first-order valence-electron chi connectivity index (χ1n) is 9.60. The fraction of sp³-hybridized carbons (Fsp3) is 0.478. The van der Waals surface area contributed by atoms with Crippen LogP contribution in [0.4, 0.5) is 0 Å². The van der Waals surface area contributed by atoms with E-state index in [9.17, 15) is 9.59 Å². The Kier molecular flexibility index (Phi) is 8.69. The maximum Gasteiger partial charge on any atom is 0.337 e. The fourth-order valence-corrected chi connectivity index (χ4v) is 3.58. The number of rotatable bonds is 7. The van der Waals surface area contributed by atoms with E-state index in [1.807, 2.05) is 12.1 Å². The lowest BCUT2D eigenvalue weighted by Crippen LogP contribution is -2.41. The largest absolute Gasteiger partial charge is 0.465 e. The van der Waals surface area contributed by atoms with Gasteiger partial charge < -0.3 is 19.2 Å². The molecule has 6 nitrogen and oxygen atoms in total. The van der Waals surface area contributed by atoms with Gasteiger partial charge in [0.25, 0.3) is 0 Å². The van der Waals surface area contributed by atoms with Gasteiger partial charge in [0, 0.05) is 11.1 Å². The molecule has 2 aromatic rings. The molecule has 0 saturated carbocycles. The molecule has 0 unspecified atom stereocenters. The summed E-state index contributed by atoms with van der Waals surface area (Å²) in [7, 11) is 2.59. The van der Waals surface area contributed by atoms with Crippen LogP contribution in [0, 0.1) is 5.41 Å². The molecular weight excluding hydrogens is 406 g/mol. The van der Waals surface area contributed by atoms with Gasteiger partial charge in [-0.15, -0.1) is 12.4 Å². The number of furan rings is 1. The number of methoxy groups -OCH3 is 2. The van der Waals surface area contributed by atoms with Crippen LogP contribution >= 0.6 is 12.4 Å². The Bertz CT molecular complexity index is 846. The molecule has 0 amide bonds. The first kappa shape index (κ1) is 25.7. The van der Waals surface area contributed by atoms with Crippen molar-refractivity contribution >= 4 is 24.3 Å². The van der Waals surface area contributed by atoms with E-state index in [4.69, 9.17) is 13.9 Å². The van der Waals surface area contributed by atoms with Gasteiger partial charge in [-0.3, -0.25) is 0 Å². The van der Waals surface area contributed by atoms with Gasteiger partial charge >= 0.3 is 11.9 Å². The number of esters is 2. The van der Waals surface area contributed by atoms with Gasteiger partial charge in [-0.2, -0.15) is 0 Å². The van der Waals surface area contributed by atoms with Crippen molar-refractivity contribution in [1.82, 2.24) is 5.32 Å². The number of hydrogen-bond acceptors (Lipinski definition) is 6. The van der Waals surface area contributed by atoms with E-state index in [1.54, 1.807) is 12.1 Å². The van der Waals surface area contributed by atoms with Gasteiger partial charge in [0.15, 0.2) is 0 Å². The van der Waals surface area contributed by atoms with Crippen molar-refractivity contribution in [2.45, 2.75) is 53.1 Å². The molecule has 0 saturated heterocycles. The minimum atomic E-state index is -0.533. The quantitative estimate of drug-likeness (QED) is 0.596. The lowest BCUT2D eigenvalue weighted by molar-refractivity contribution is 0.0599. The number of carbonyl (C=O) groups is 2. The second-order valence-corrected chi connectivity index (χ2v) is 9.02. The zero-order valence-corrected chi connectivity index (χ0v) is 19.6. The lowest BCUT2D eigenvalue weighted by Gasteiger charge is -2.33. The van der Waals surface area contributed by atoms with Gasteiger partial charge in [0.2, 0.25) is 0 Å². The molecule has 1 aromatic carbocycles. The number of halogens is 1. The fourth-order valence-electron chi connectivity index (χ4n) is 3.58. The first-order valence-corrected chi connectivity index (χ1v) is 9.60. The zero-order valence-electron chi connectivity index (χ0n) is 18.8. The molecule has 7 heteroatoms. The van der Waals surface area contributed by atoms with Crippen LogP contribution in [0.25, 0.3) is 11.3 Å². The zero-order chi connectivity index (χ0) is 21.8. The standard InChI is InChI=1S/C23H31NO5.ClH/c1-22(2,3)14-23(4,5)24-13-18-8-9-19(29-18)15-10-16(20(25)27-6)12-17(11-15)21(26)28-7;/h8-12,24H,13-14H2,1-7H3;1H. The summed E-state index contributed by atoms with van der Waals surface area (Å²) in [5.74, 6) is 0.264. The number of benzene rings is 1. The topological polar surface area (TPSA) is 77.8 Å². The Labute approximate surface area is 184 Å². The third kappa shape index (κ3) is 7.18. The van der Waals surface area contributed by atoms with E-state index in [2.05, 4.69) is 39.9 Å². The minimum Gasteiger partial charge on any atom is -0.465 e. The predicted octanol–water partition coefficient (Wildman–Crippen LogP) is 5.25. The van der Waals surface area contributed by atoms with E-state index in [0.29, 0.717) is 17.9 Å². The van der Waals surface area contributed by atoms with Crippen molar-refractivity contribution in [2.24, 2.45) is 5.41 Å². The normalized spacial score (nSPS) is 11.6. The van der Waals surface area contributed by atoms with Crippen LogP contribution < -0.4 is 5.32 Å². The second-order valence-electron chi connectivity index (χ2n) is 9.02. The number of ether oxygens (including phenoxy) is 2. The molecule has 0 aliphatic carbocycles. The Morgan fingerprint density at radius 3 is 1.93 bits per heavy atom. The summed E-state index contributed by atoms with van der Waals surface area (Å²) >= 11 is 0. The van der Waals surface area contributed by atoms with Crippen LogP contribution in [-0.4, -0.2) is 31.7 Å². The average molecular weight is 438 g/mol. The second kappa shape index (κ2) is 10.1. The number of carbonyl (C=O) groups excluding carboxylic acids is 2. The van der Waals surface area contributed by atoms with Crippen LogP contribution in [0.1, 0.15) is 67.5 Å². The molecule has 1 aromatic heterocycles. The molecule has 0 aliphatic heterocycles. The molecular formula is C23H32ClNO5. The van der Waals surface area contributed by atoms with Crippen LogP contribution in [-0.2, 0) is 16.0 Å². The smallest absolute Gasteiger partial charge is 0.337 e. The van der Waals surface area contributed by atoms with Gasteiger partial charge in [-0.1, -0.05) is 20.8 Å². The van der Waals surface area contributed by atoms with Crippen molar-refractivity contribution < 1.29 is 23.5 Å². The Hall–Kier alpha value is -2.31. The summed E-state index contributed by atoms with van der Waals surface area (Å²) in [5, 5.41) is 3.53. The highest BCUT2D eigenvalue weighted by Gasteiger charge is 2.25. The van der Waals surface area contributed by atoms with Crippen molar-refractivity contribution in [1.29, 1.82) is 0 Å². The maximum atomic E-state index is 12.0. The predicted molar refractivity (Wildman–Crippen MR) is 119 cm³/mol. The summed E-state index contributed by atoms with van der Waals surface area (Å²) in [5.41, 5.74) is 1.28. The molecule has 0 radical (unpaired) electrons. The highest BCUT2D eigenvalue weighted by molar-refractivity contribution is 5.97. The first-order chi connectivity index (χ1) is 13.4. The summed E-state index contributed by atoms with van der Waals surface area (Å²) in [6.45, 7) is 11.6. The summed E-state index contributed by atoms with van der Waals surface area (Å²) in [6.07, 6.45) is 1.01. The monoisotopic (exact) mass is 437 g/mol. The molecule has 166 valence electrons. The SMILES string of the molecule is COC(=O)c1cc(C(=O)OC)cc(-c2ccc(CNC(C)(C)CC(C)(C)C)o2)c1.Cl. The van der Waals surface area contributed by atoms with Crippen molar-refractivity contribution in [2.75, 3.05) is 14.2 Å². The molecule has 1 heterocycles. The third-order valence-corrected chi connectivity index (χ3v) is 4.43. The van der Waals surface area contributed by atoms with Crippen LogP contribution in [0.3, 0.4) is 0 Å². The lowest BCUT2D eigenvalue weighted by atomic mass is 9.82. The van der Waals surface area contributed by atoms with Crippen LogP contribution in [0.15, 0.2) is 34.7 Å². The molecule has 1 N–H and O–H groups in total. The van der Waals surface area contributed by atoms with Crippen molar-refractivity contribution in [3.8, 4) is 11.3 Å². The van der Waals surface area contributed by atoms with Gasteiger partial charge in [0.05, 0.1) is 31.9 Å². The highest BCUT2D eigenvalue weighted by Crippen LogP contribution is 2.28. The molecule has 30 heavy (non-hydrogen) atoms. The number of hydrogen-bond donors (Lipinski definition) is 1. The van der Waals surface area contributed by atoms with E-state index in [0.717, 1.165) is 12.2 Å². The molecule has 0 atom stereocenters.